The second-order valence-corrected chi connectivity index (χ2v) is 4.26. The van der Waals surface area contributed by atoms with Crippen molar-refractivity contribution in [1.82, 2.24) is 0 Å². The standard InChI is InChI=1S/C13H16O3/c1-9(14)16-12-8-4-7-11(15)13(12)10-5-2-3-6-10/h4,7-8,10,15H,2-3,5-6H2,1H3. The van der Waals surface area contributed by atoms with Crippen LogP contribution in [0.1, 0.15) is 44.1 Å². The van der Waals surface area contributed by atoms with Gasteiger partial charge in [0, 0.05) is 12.5 Å². The lowest BCUT2D eigenvalue weighted by Gasteiger charge is -2.15. The summed E-state index contributed by atoms with van der Waals surface area (Å²) < 4.78 is 5.14. The molecule has 0 amide bonds. The van der Waals surface area contributed by atoms with Crippen LogP contribution in [0.2, 0.25) is 0 Å². The highest BCUT2D eigenvalue weighted by atomic mass is 16.5. The summed E-state index contributed by atoms with van der Waals surface area (Å²) in [5, 5.41) is 9.87. The number of phenols is 1. The Balaban J connectivity index is 2.35. The van der Waals surface area contributed by atoms with Crippen LogP contribution < -0.4 is 4.74 Å². The van der Waals surface area contributed by atoms with E-state index in [1.54, 1.807) is 18.2 Å². The molecule has 1 N–H and O–H groups in total. The number of phenolic OH excluding ortho intramolecular Hbond substituents is 1. The maximum absolute atomic E-state index is 11.0. The molecule has 3 nitrogen and oxygen atoms in total. The predicted molar refractivity (Wildman–Crippen MR) is 60.6 cm³/mol. The number of rotatable bonds is 2. The van der Waals surface area contributed by atoms with E-state index in [9.17, 15) is 9.90 Å². The van der Waals surface area contributed by atoms with Crippen molar-refractivity contribution < 1.29 is 14.6 Å². The van der Waals surface area contributed by atoms with E-state index < -0.39 is 0 Å². The Morgan fingerprint density at radius 1 is 1.38 bits per heavy atom. The van der Waals surface area contributed by atoms with E-state index in [1.807, 2.05) is 0 Å². The number of hydrogen-bond acceptors (Lipinski definition) is 3. The van der Waals surface area contributed by atoms with Gasteiger partial charge in [0.1, 0.15) is 11.5 Å². The molecular formula is C13H16O3. The zero-order chi connectivity index (χ0) is 11.5. The lowest BCUT2D eigenvalue weighted by molar-refractivity contribution is -0.131. The quantitative estimate of drug-likeness (QED) is 0.615. The van der Waals surface area contributed by atoms with E-state index in [0.29, 0.717) is 11.7 Å². The minimum atomic E-state index is -0.343. The number of carbonyl (C=O) groups excluding carboxylic acids is 1. The second-order valence-electron chi connectivity index (χ2n) is 4.26. The van der Waals surface area contributed by atoms with E-state index in [1.165, 1.54) is 19.8 Å². The average Bonchev–Trinajstić information content (AvgIpc) is 2.69. The average molecular weight is 220 g/mol. The molecule has 3 heteroatoms. The maximum atomic E-state index is 11.0. The Hall–Kier alpha value is -1.51. The minimum absolute atomic E-state index is 0.241. The maximum Gasteiger partial charge on any atom is 0.308 e. The first kappa shape index (κ1) is 11.0. The molecule has 1 aliphatic rings. The molecule has 0 unspecified atom stereocenters. The van der Waals surface area contributed by atoms with Crippen LogP contribution in [0.5, 0.6) is 11.5 Å². The smallest absolute Gasteiger partial charge is 0.308 e. The molecular weight excluding hydrogens is 204 g/mol. The van der Waals surface area contributed by atoms with Gasteiger partial charge in [-0.15, -0.1) is 0 Å². The first-order chi connectivity index (χ1) is 7.68. The number of aromatic hydroxyl groups is 1. The van der Waals surface area contributed by atoms with Crippen LogP contribution >= 0.6 is 0 Å². The van der Waals surface area contributed by atoms with Gasteiger partial charge in [-0.1, -0.05) is 18.9 Å². The molecule has 0 saturated heterocycles. The van der Waals surface area contributed by atoms with Crippen molar-refractivity contribution in [3.8, 4) is 11.5 Å². The molecule has 2 rings (SSSR count). The number of carbonyl (C=O) groups is 1. The van der Waals surface area contributed by atoms with Gasteiger partial charge in [0.25, 0.3) is 0 Å². The van der Waals surface area contributed by atoms with Gasteiger partial charge in [-0.25, -0.2) is 0 Å². The molecule has 16 heavy (non-hydrogen) atoms. The molecule has 0 atom stereocenters. The second kappa shape index (κ2) is 4.56. The monoisotopic (exact) mass is 220 g/mol. The van der Waals surface area contributed by atoms with Crippen LogP contribution in [0.25, 0.3) is 0 Å². The van der Waals surface area contributed by atoms with E-state index >= 15 is 0 Å². The summed E-state index contributed by atoms with van der Waals surface area (Å²) in [6, 6.07) is 5.10. The summed E-state index contributed by atoms with van der Waals surface area (Å²) in [6.07, 6.45) is 4.48. The Bertz CT molecular complexity index is 392. The molecule has 0 radical (unpaired) electrons. The first-order valence-electron chi connectivity index (χ1n) is 5.69. The fraction of sp³-hybridized carbons (Fsp3) is 0.462. The zero-order valence-electron chi connectivity index (χ0n) is 9.40. The Kier molecular flexibility index (Phi) is 3.13. The van der Waals surface area contributed by atoms with E-state index in [4.69, 9.17) is 4.74 Å². The molecule has 1 aliphatic carbocycles. The number of hydrogen-bond donors (Lipinski definition) is 1. The van der Waals surface area contributed by atoms with Gasteiger partial charge >= 0.3 is 5.97 Å². The highest BCUT2D eigenvalue weighted by Gasteiger charge is 2.24. The highest BCUT2D eigenvalue weighted by molar-refractivity contribution is 5.70. The summed E-state index contributed by atoms with van der Waals surface area (Å²) in [5.41, 5.74) is 0.801. The van der Waals surface area contributed by atoms with Crippen molar-refractivity contribution in [1.29, 1.82) is 0 Å². The van der Waals surface area contributed by atoms with Crippen LogP contribution in [0.4, 0.5) is 0 Å². The normalized spacial score (nSPS) is 16.3. The molecule has 0 spiro atoms. The van der Waals surface area contributed by atoms with Crippen LogP contribution in [-0.2, 0) is 4.79 Å². The van der Waals surface area contributed by atoms with Crippen molar-refractivity contribution >= 4 is 5.97 Å². The summed E-state index contributed by atoms with van der Waals surface area (Å²) in [5.74, 6) is 0.741. The van der Waals surface area contributed by atoms with E-state index in [0.717, 1.165) is 18.4 Å². The summed E-state index contributed by atoms with van der Waals surface area (Å²) >= 11 is 0. The lowest BCUT2D eigenvalue weighted by Crippen LogP contribution is -2.05. The minimum Gasteiger partial charge on any atom is -0.508 e. The topological polar surface area (TPSA) is 46.5 Å². The van der Waals surface area contributed by atoms with Gasteiger partial charge in [0.05, 0.1) is 0 Å². The Morgan fingerprint density at radius 2 is 2.06 bits per heavy atom. The van der Waals surface area contributed by atoms with Crippen LogP contribution in [0.15, 0.2) is 18.2 Å². The number of esters is 1. The fourth-order valence-electron chi connectivity index (χ4n) is 2.40. The number of ether oxygens (including phenoxy) is 1. The third-order valence-corrected chi connectivity index (χ3v) is 3.06. The zero-order valence-corrected chi connectivity index (χ0v) is 9.40. The SMILES string of the molecule is CC(=O)Oc1cccc(O)c1C1CCCC1. The van der Waals surface area contributed by atoms with Gasteiger partial charge in [0.15, 0.2) is 0 Å². The van der Waals surface area contributed by atoms with Crippen LogP contribution in [-0.4, -0.2) is 11.1 Å². The molecule has 0 heterocycles. The fourth-order valence-corrected chi connectivity index (χ4v) is 2.40. The van der Waals surface area contributed by atoms with Crippen molar-refractivity contribution in [3.63, 3.8) is 0 Å². The molecule has 0 aromatic heterocycles. The Morgan fingerprint density at radius 3 is 2.69 bits per heavy atom. The van der Waals surface area contributed by atoms with Gasteiger partial charge in [0.2, 0.25) is 0 Å². The predicted octanol–water partition coefficient (Wildman–Crippen LogP) is 2.98. The third kappa shape index (κ3) is 2.18. The molecule has 0 bridgehead atoms. The largest absolute Gasteiger partial charge is 0.508 e. The molecule has 0 aliphatic heterocycles. The lowest BCUT2D eigenvalue weighted by atomic mass is 9.96. The molecule has 1 aromatic carbocycles. The van der Waals surface area contributed by atoms with E-state index in [2.05, 4.69) is 0 Å². The summed E-state index contributed by atoms with van der Waals surface area (Å²) in [7, 11) is 0. The van der Waals surface area contributed by atoms with Crippen LogP contribution in [0.3, 0.4) is 0 Å². The van der Waals surface area contributed by atoms with E-state index in [-0.39, 0.29) is 11.7 Å². The van der Waals surface area contributed by atoms with Crippen molar-refractivity contribution in [2.24, 2.45) is 0 Å². The molecule has 1 saturated carbocycles. The third-order valence-electron chi connectivity index (χ3n) is 3.06. The molecule has 1 aromatic rings. The van der Waals surface area contributed by atoms with Gasteiger partial charge in [-0.05, 0) is 30.9 Å². The van der Waals surface area contributed by atoms with Crippen LogP contribution in [0, 0.1) is 0 Å². The van der Waals surface area contributed by atoms with Crippen molar-refractivity contribution in [2.75, 3.05) is 0 Å². The summed E-state index contributed by atoms with van der Waals surface area (Å²) in [4.78, 5) is 11.0. The van der Waals surface area contributed by atoms with Crippen molar-refractivity contribution in [3.05, 3.63) is 23.8 Å². The molecule has 1 fully saturated rings. The summed E-state index contributed by atoms with van der Waals surface area (Å²) in [6.45, 7) is 1.38. The Labute approximate surface area is 95.0 Å². The van der Waals surface area contributed by atoms with Gasteiger partial charge < -0.3 is 9.84 Å². The first-order valence-corrected chi connectivity index (χ1v) is 5.69. The van der Waals surface area contributed by atoms with Gasteiger partial charge in [-0.2, -0.15) is 0 Å². The molecule has 86 valence electrons. The van der Waals surface area contributed by atoms with Gasteiger partial charge in [-0.3, -0.25) is 4.79 Å². The highest BCUT2D eigenvalue weighted by Crippen LogP contribution is 2.43. The van der Waals surface area contributed by atoms with Crippen molar-refractivity contribution in [2.45, 2.75) is 38.5 Å². The number of benzene rings is 1.